The Labute approximate surface area is 154 Å². The van der Waals surface area contributed by atoms with E-state index in [1.165, 1.54) is 18.2 Å². The third-order valence-corrected chi connectivity index (χ3v) is 4.12. The van der Waals surface area contributed by atoms with Crippen molar-refractivity contribution in [2.45, 2.75) is 19.4 Å². The number of anilines is 1. The summed E-state index contributed by atoms with van der Waals surface area (Å²) >= 11 is 0. The number of hydrazine groups is 1. The number of imide groups is 1. The lowest BCUT2D eigenvalue weighted by atomic mass is 10.1. The minimum absolute atomic E-state index is 0.119. The summed E-state index contributed by atoms with van der Waals surface area (Å²) in [5.74, 6) is -1.55. The molecule has 0 radical (unpaired) electrons. The predicted molar refractivity (Wildman–Crippen MR) is 95.8 cm³/mol. The second-order valence-corrected chi connectivity index (χ2v) is 6.07. The number of amides is 3. The molecule has 0 bridgehead atoms. The van der Waals surface area contributed by atoms with Gasteiger partial charge in [-0.25, -0.2) is 10.3 Å². The van der Waals surface area contributed by atoms with Crippen LogP contribution in [0.2, 0.25) is 0 Å². The number of benzene rings is 2. The average molecular weight is 368 g/mol. The van der Waals surface area contributed by atoms with Crippen molar-refractivity contribution in [3.63, 3.8) is 0 Å². The molecule has 3 amide bonds. The van der Waals surface area contributed by atoms with Crippen LogP contribution in [0.25, 0.3) is 0 Å². The minimum atomic E-state index is -0.953. The molecule has 1 heterocycles. The number of non-ortho nitro benzene ring substituents is 1. The first kappa shape index (κ1) is 18.2. The number of rotatable bonds is 5. The quantitative estimate of drug-likeness (QED) is 0.468. The molecule has 0 spiro atoms. The van der Waals surface area contributed by atoms with Crippen molar-refractivity contribution in [3.8, 4) is 0 Å². The van der Waals surface area contributed by atoms with E-state index in [-0.39, 0.29) is 17.8 Å². The number of nitrogens with zero attached hydrogens (tertiary/aromatic N) is 2. The molecule has 1 fully saturated rings. The van der Waals surface area contributed by atoms with Crippen LogP contribution in [-0.2, 0) is 9.59 Å². The third kappa shape index (κ3) is 3.82. The second kappa shape index (κ2) is 7.34. The summed E-state index contributed by atoms with van der Waals surface area (Å²) in [7, 11) is 0. The Morgan fingerprint density at radius 2 is 1.89 bits per heavy atom. The van der Waals surface area contributed by atoms with Crippen LogP contribution in [-0.4, -0.2) is 28.7 Å². The molecular formula is C18H16N4O5. The van der Waals surface area contributed by atoms with Crippen LogP contribution in [0.4, 0.5) is 11.4 Å². The van der Waals surface area contributed by atoms with E-state index in [4.69, 9.17) is 0 Å². The number of carbonyl (C=O) groups excluding carboxylic acids is 3. The van der Waals surface area contributed by atoms with Gasteiger partial charge < -0.3 is 0 Å². The molecule has 3 rings (SSSR count). The molecule has 9 heteroatoms. The van der Waals surface area contributed by atoms with E-state index in [0.717, 1.165) is 16.5 Å². The molecule has 9 nitrogen and oxygen atoms in total. The number of nitro benzene ring substituents is 1. The van der Waals surface area contributed by atoms with Gasteiger partial charge in [-0.15, -0.1) is 0 Å². The smallest absolute Gasteiger partial charge is 0.271 e. The van der Waals surface area contributed by atoms with Crippen LogP contribution in [0.5, 0.6) is 0 Å². The number of nitro groups is 1. The van der Waals surface area contributed by atoms with Crippen LogP contribution in [0.15, 0.2) is 48.5 Å². The van der Waals surface area contributed by atoms with Crippen molar-refractivity contribution in [1.82, 2.24) is 10.9 Å². The molecule has 0 aliphatic carbocycles. The van der Waals surface area contributed by atoms with Crippen molar-refractivity contribution < 1.29 is 19.3 Å². The second-order valence-electron chi connectivity index (χ2n) is 6.07. The summed E-state index contributed by atoms with van der Waals surface area (Å²) in [5.41, 5.74) is 6.28. The lowest BCUT2D eigenvalue weighted by molar-refractivity contribution is -0.384. The summed E-state index contributed by atoms with van der Waals surface area (Å²) in [4.78, 5) is 48.0. The topological polar surface area (TPSA) is 122 Å². The van der Waals surface area contributed by atoms with Gasteiger partial charge in [0.25, 0.3) is 17.5 Å². The van der Waals surface area contributed by atoms with Crippen LogP contribution >= 0.6 is 0 Å². The molecule has 0 aromatic heterocycles. The minimum Gasteiger partial charge on any atom is -0.287 e. The van der Waals surface area contributed by atoms with Gasteiger partial charge in [-0.05, 0) is 25.1 Å². The molecule has 27 heavy (non-hydrogen) atoms. The summed E-state index contributed by atoms with van der Waals surface area (Å²) in [6.45, 7) is 1.89. The maximum absolute atomic E-state index is 12.5. The highest BCUT2D eigenvalue weighted by atomic mass is 16.6. The average Bonchev–Trinajstić information content (AvgIpc) is 2.94. The molecule has 138 valence electrons. The summed E-state index contributed by atoms with van der Waals surface area (Å²) in [5, 5.41) is 10.9. The van der Waals surface area contributed by atoms with E-state index in [1.807, 2.05) is 6.92 Å². The van der Waals surface area contributed by atoms with Gasteiger partial charge in [0, 0.05) is 17.7 Å². The lowest BCUT2D eigenvalue weighted by Crippen LogP contribution is -2.48. The Kier molecular flexibility index (Phi) is 4.95. The number of hydrogen-bond acceptors (Lipinski definition) is 6. The molecule has 1 saturated heterocycles. The van der Waals surface area contributed by atoms with Crippen molar-refractivity contribution in [2.75, 3.05) is 4.90 Å². The lowest BCUT2D eigenvalue weighted by Gasteiger charge is -2.15. The predicted octanol–water partition coefficient (Wildman–Crippen LogP) is 1.47. The van der Waals surface area contributed by atoms with E-state index >= 15 is 0 Å². The Bertz CT molecular complexity index is 926. The number of nitrogens with one attached hydrogen (secondary N) is 2. The number of aryl methyl sites for hydroxylation is 1. The molecule has 0 unspecified atom stereocenters. The molecular weight excluding hydrogens is 352 g/mol. The Balaban J connectivity index is 1.69. The zero-order chi connectivity index (χ0) is 19.6. The zero-order valence-electron chi connectivity index (χ0n) is 14.3. The fraction of sp³-hybridized carbons (Fsp3) is 0.167. The molecule has 2 N–H and O–H groups in total. The van der Waals surface area contributed by atoms with Crippen molar-refractivity contribution in [3.05, 3.63) is 69.8 Å². The van der Waals surface area contributed by atoms with Crippen LogP contribution in [0, 0.1) is 17.0 Å². The molecule has 1 aliphatic rings. The molecule has 2 aromatic carbocycles. The van der Waals surface area contributed by atoms with E-state index in [2.05, 4.69) is 10.9 Å². The largest absolute Gasteiger partial charge is 0.287 e. The normalized spacial score (nSPS) is 16.5. The first-order valence-corrected chi connectivity index (χ1v) is 8.10. The van der Waals surface area contributed by atoms with Crippen LogP contribution in [0.1, 0.15) is 22.3 Å². The maximum atomic E-state index is 12.5. The Morgan fingerprint density at radius 1 is 1.19 bits per heavy atom. The van der Waals surface area contributed by atoms with Gasteiger partial charge in [-0.2, -0.15) is 0 Å². The third-order valence-electron chi connectivity index (χ3n) is 4.12. The van der Waals surface area contributed by atoms with Crippen LogP contribution < -0.4 is 15.8 Å². The van der Waals surface area contributed by atoms with Gasteiger partial charge in [-0.3, -0.25) is 29.9 Å². The highest BCUT2D eigenvalue weighted by molar-refractivity contribution is 6.22. The summed E-state index contributed by atoms with van der Waals surface area (Å²) < 4.78 is 0. The number of hydrogen-bond donors (Lipinski definition) is 2. The molecule has 1 aliphatic heterocycles. The van der Waals surface area contributed by atoms with E-state index in [0.29, 0.717) is 5.56 Å². The van der Waals surface area contributed by atoms with Gasteiger partial charge >= 0.3 is 0 Å². The molecule has 1 atom stereocenters. The van der Waals surface area contributed by atoms with Gasteiger partial charge in [0.2, 0.25) is 5.91 Å². The van der Waals surface area contributed by atoms with Crippen molar-refractivity contribution in [2.24, 2.45) is 0 Å². The van der Waals surface area contributed by atoms with Gasteiger partial charge in [0.1, 0.15) is 6.04 Å². The molecule has 0 saturated carbocycles. The summed E-state index contributed by atoms with van der Waals surface area (Å²) in [6.07, 6.45) is -0.171. The Morgan fingerprint density at radius 3 is 2.56 bits per heavy atom. The monoisotopic (exact) mass is 368 g/mol. The first-order chi connectivity index (χ1) is 12.9. The Hall–Kier alpha value is -3.59. The van der Waals surface area contributed by atoms with E-state index < -0.39 is 28.7 Å². The molecule has 2 aromatic rings. The SMILES string of the molecule is Cc1ccc(C(=O)NN[C@H]2CC(=O)N(c3cccc([N+](=O)[O-])c3)C2=O)cc1. The van der Waals surface area contributed by atoms with Crippen molar-refractivity contribution in [1.29, 1.82) is 0 Å². The highest BCUT2D eigenvalue weighted by Gasteiger charge is 2.40. The van der Waals surface area contributed by atoms with E-state index in [1.54, 1.807) is 24.3 Å². The first-order valence-electron chi connectivity index (χ1n) is 8.10. The number of carbonyl (C=O) groups is 3. The van der Waals surface area contributed by atoms with Crippen molar-refractivity contribution >= 4 is 29.1 Å². The van der Waals surface area contributed by atoms with Gasteiger partial charge in [0.05, 0.1) is 17.0 Å². The van der Waals surface area contributed by atoms with Crippen LogP contribution in [0.3, 0.4) is 0 Å². The maximum Gasteiger partial charge on any atom is 0.271 e. The fourth-order valence-electron chi connectivity index (χ4n) is 2.69. The fourth-order valence-corrected chi connectivity index (χ4v) is 2.69. The summed E-state index contributed by atoms with van der Waals surface area (Å²) in [6, 6.07) is 11.2. The zero-order valence-corrected chi connectivity index (χ0v) is 14.3. The standard InChI is InChI=1S/C18H16N4O5/c1-11-5-7-12(8-6-11)17(24)20-19-15-10-16(23)21(18(15)25)13-3-2-4-14(9-13)22(26)27/h2-9,15,19H,10H2,1H3,(H,20,24)/t15-/m0/s1. The van der Waals surface area contributed by atoms with E-state index in [9.17, 15) is 24.5 Å². The van der Waals surface area contributed by atoms with Gasteiger partial charge in [0.15, 0.2) is 0 Å². The highest BCUT2D eigenvalue weighted by Crippen LogP contribution is 2.26. The van der Waals surface area contributed by atoms with Gasteiger partial charge in [-0.1, -0.05) is 23.8 Å².